The van der Waals surface area contributed by atoms with Gasteiger partial charge in [0.2, 0.25) is 0 Å². The van der Waals surface area contributed by atoms with Crippen molar-refractivity contribution in [1.29, 1.82) is 0 Å². The monoisotopic (exact) mass is 242 g/mol. The highest BCUT2D eigenvalue weighted by atomic mass is 19.1. The van der Waals surface area contributed by atoms with Crippen molar-refractivity contribution < 1.29 is 19.3 Å². The molecule has 3 nitrogen and oxygen atoms in total. The summed E-state index contributed by atoms with van der Waals surface area (Å²) in [5.41, 5.74) is 0.465. The number of benzene rings is 1. The Bertz CT molecular complexity index is 339. The Labute approximate surface area is 101 Å². The summed E-state index contributed by atoms with van der Waals surface area (Å²) < 4.78 is 18.5. The van der Waals surface area contributed by atoms with E-state index in [1.807, 2.05) is 0 Å². The predicted octanol–water partition coefficient (Wildman–Crippen LogP) is 2.42. The lowest BCUT2D eigenvalue weighted by Crippen LogP contribution is -2.03. The van der Waals surface area contributed by atoms with Crippen molar-refractivity contribution in [2.45, 2.75) is 32.3 Å². The quantitative estimate of drug-likeness (QED) is 0.722. The van der Waals surface area contributed by atoms with E-state index in [9.17, 15) is 9.50 Å². The first-order valence-corrected chi connectivity index (χ1v) is 5.86. The number of halogens is 1. The van der Waals surface area contributed by atoms with Crippen LogP contribution in [0.25, 0.3) is 0 Å². The third-order valence-corrected chi connectivity index (χ3v) is 2.48. The fourth-order valence-corrected chi connectivity index (χ4v) is 1.55. The molecule has 0 bridgehead atoms. The van der Waals surface area contributed by atoms with E-state index in [-0.39, 0.29) is 12.4 Å². The molecule has 1 rings (SSSR count). The Morgan fingerprint density at radius 2 is 2.06 bits per heavy atom. The molecule has 0 fully saturated rings. The molecular formula is C13H19FO3. The van der Waals surface area contributed by atoms with Crippen molar-refractivity contribution in [3.63, 3.8) is 0 Å². The Morgan fingerprint density at radius 1 is 1.29 bits per heavy atom. The molecule has 1 aromatic rings. The molecule has 0 aliphatic heterocycles. The van der Waals surface area contributed by atoms with Gasteiger partial charge in [-0.1, -0.05) is 0 Å². The van der Waals surface area contributed by atoms with Crippen LogP contribution in [0, 0.1) is 5.82 Å². The molecule has 4 heteroatoms. The zero-order chi connectivity index (χ0) is 12.7. The Balaban J connectivity index is 2.52. The standard InChI is InChI=1S/C13H19FO3/c1-10(16)12-9-11(14)5-6-13(12)17-8-4-2-3-7-15/h5-6,9-10,15-16H,2-4,7-8H2,1H3/t10-/m1/s1. The van der Waals surface area contributed by atoms with Crippen LogP contribution < -0.4 is 4.74 Å². The summed E-state index contributed by atoms with van der Waals surface area (Å²) in [7, 11) is 0. The normalized spacial score (nSPS) is 12.5. The van der Waals surface area contributed by atoms with Gasteiger partial charge in [-0.25, -0.2) is 4.39 Å². The molecule has 0 aliphatic carbocycles. The summed E-state index contributed by atoms with van der Waals surface area (Å²) in [5, 5.41) is 18.1. The first kappa shape index (κ1) is 13.9. The van der Waals surface area contributed by atoms with Crippen LogP contribution in [0.1, 0.15) is 37.9 Å². The Hall–Kier alpha value is -1.13. The summed E-state index contributed by atoms with van der Waals surface area (Å²) in [4.78, 5) is 0. The van der Waals surface area contributed by atoms with Crippen molar-refractivity contribution in [2.24, 2.45) is 0 Å². The second-order valence-corrected chi connectivity index (χ2v) is 3.99. The van der Waals surface area contributed by atoms with Gasteiger partial charge in [0.05, 0.1) is 12.7 Å². The third kappa shape index (κ3) is 4.71. The largest absolute Gasteiger partial charge is 0.493 e. The minimum absolute atomic E-state index is 0.190. The van der Waals surface area contributed by atoms with E-state index in [1.165, 1.54) is 18.2 Å². The zero-order valence-corrected chi connectivity index (χ0v) is 10.0. The number of hydrogen-bond acceptors (Lipinski definition) is 3. The van der Waals surface area contributed by atoms with Gasteiger partial charge in [-0.2, -0.15) is 0 Å². The van der Waals surface area contributed by atoms with Crippen molar-refractivity contribution >= 4 is 0 Å². The molecule has 17 heavy (non-hydrogen) atoms. The fraction of sp³-hybridized carbons (Fsp3) is 0.538. The molecule has 1 atom stereocenters. The fourth-order valence-electron chi connectivity index (χ4n) is 1.55. The number of ether oxygens (including phenoxy) is 1. The van der Waals surface area contributed by atoms with Gasteiger partial charge >= 0.3 is 0 Å². The van der Waals surface area contributed by atoms with E-state index >= 15 is 0 Å². The van der Waals surface area contributed by atoms with E-state index in [1.54, 1.807) is 6.92 Å². The molecule has 1 aromatic carbocycles. The maximum absolute atomic E-state index is 13.0. The number of aliphatic hydroxyl groups excluding tert-OH is 2. The topological polar surface area (TPSA) is 49.7 Å². The van der Waals surface area contributed by atoms with E-state index in [0.717, 1.165) is 19.3 Å². The second kappa shape index (κ2) is 7.25. The Kier molecular flexibility index (Phi) is 5.94. The third-order valence-electron chi connectivity index (χ3n) is 2.48. The molecule has 0 aliphatic rings. The zero-order valence-electron chi connectivity index (χ0n) is 10.0. The highest BCUT2D eigenvalue weighted by molar-refractivity contribution is 5.35. The van der Waals surface area contributed by atoms with Gasteiger partial charge < -0.3 is 14.9 Å². The van der Waals surface area contributed by atoms with Gasteiger partial charge in [0.25, 0.3) is 0 Å². The van der Waals surface area contributed by atoms with Crippen LogP contribution in [0.15, 0.2) is 18.2 Å². The van der Waals surface area contributed by atoms with Crippen molar-refractivity contribution in [3.05, 3.63) is 29.6 Å². The summed E-state index contributed by atoms with van der Waals surface area (Å²) in [6.45, 7) is 2.27. The first-order chi connectivity index (χ1) is 8.15. The summed E-state index contributed by atoms with van der Waals surface area (Å²) in [6.07, 6.45) is 1.73. The van der Waals surface area contributed by atoms with Crippen molar-refractivity contribution in [1.82, 2.24) is 0 Å². The van der Waals surface area contributed by atoms with Gasteiger partial charge in [0, 0.05) is 12.2 Å². The molecule has 96 valence electrons. The Morgan fingerprint density at radius 3 is 2.71 bits per heavy atom. The molecule has 0 saturated carbocycles. The maximum Gasteiger partial charge on any atom is 0.125 e. The predicted molar refractivity (Wildman–Crippen MR) is 63.5 cm³/mol. The number of aliphatic hydroxyl groups is 2. The molecule has 0 radical (unpaired) electrons. The van der Waals surface area contributed by atoms with Crippen molar-refractivity contribution in [2.75, 3.05) is 13.2 Å². The average molecular weight is 242 g/mol. The molecule has 0 spiro atoms. The minimum atomic E-state index is -0.752. The van der Waals surface area contributed by atoms with Crippen LogP contribution in [0.5, 0.6) is 5.75 Å². The lowest BCUT2D eigenvalue weighted by Gasteiger charge is -2.13. The van der Waals surface area contributed by atoms with Crippen molar-refractivity contribution in [3.8, 4) is 5.75 Å². The van der Waals surface area contributed by atoms with Crippen LogP contribution in [0.2, 0.25) is 0 Å². The number of rotatable bonds is 7. The van der Waals surface area contributed by atoms with E-state index < -0.39 is 6.10 Å². The van der Waals surface area contributed by atoms with E-state index in [0.29, 0.717) is 17.9 Å². The SMILES string of the molecule is C[C@@H](O)c1cc(F)ccc1OCCCCCO. The van der Waals surface area contributed by atoms with Crippen LogP contribution >= 0.6 is 0 Å². The molecular weight excluding hydrogens is 223 g/mol. The van der Waals surface area contributed by atoms with Crippen LogP contribution in [0.4, 0.5) is 4.39 Å². The first-order valence-electron chi connectivity index (χ1n) is 5.86. The molecule has 0 aromatic heterocycles. The molecule has 0 heterocycles. The summed E-state index contributed by atoms with van der Waals surface area (Å²) >= 11 is 0. The maximum atomic E-state index is 13.0. The number of hydrogen-bond donors (Lipinski definition) is 2. The van der Waals surface area contributed by atoms with E-state index in [4.69, 9.17) is 9.84 Å². The second-order valence-electron chi connectivity index (χ2n) is 3.99. The molecule has 0 saturated heterocycles. The van der Waals surface area contributed by atoms with Crippen LogP contribution in [0.3, 0.4) is 0 Å². The lowest BCUT2D eigenvalue weighted by atomic mass is 10.1. The lowest BCUT2D eigenvalue weighted by molar-refractivity contribution is 0.190. The van der Waals surface area contributed by atoms with Gasteiger partial charge in [-0.3, -0.25) is 0 Å². The van der Waals surface area contributed by atoms with E-state index in [2.05, 4.69) is 0 Å². The average Bonchev–Trinajstić information content (AvgIpc) is 2.30. The van der Waals surface area contributed by atoms with Gasteiger partial charge in [0.1, 0.15) is 11.6 Å². The smallest absolute Gasteiger partial charge is 0.125 e. The molecule has 2 N–H and O–H groups in total. The van der Waals surface area contributed by atoms with Gasteiger partial charge in [-0.05, 0) is 44.4 Å². The highest BCUT2D eigenvalue weighted by Gasteiger charge is 2.10. The summed E-state index contributed by atoms with van der Waals surface area (Å²) in [5.74, 6) is 0.138. The molecule has 0 amide bonds. The van der Waals surface area contributed by atoms with Gasteiger partial charge in [-0.15, -0.1) is 0 Å². The minimum Gasteiger partial charge on any atom is -0.493 e. The summed E-state index contributed by atoms with van der Waals surface area (Å²) in [6, 6.07) is 4.13. The van der Waals surface area contributed by atoms with Crippen LogP contribution in [-0.4, -0.2) is 23.4 Å². The van der Waals surface area contributed by atoms with Crippen LogP contribution in [-0.2, 0) is 0 Å². The highest BCUT2D eigenvalue weighted by Crippen LogP contribution is 2.26. The number of unbranched alkanes of at least 4 members (excludes halogenated alkanes) is 2. The van der Waals surface area contributed by atoms with Gasteiger partial charge in [0.15, 0.2) is 0 Å². The molecule has 0 unspecified atom stereocenters.